The lowest BCUT2D eigenvalue weighted by Crippen LogP contribution is -2.47. The van der Waals surface area contributed by atoms with Gasteiger partial charge in [-0.25, -0.2) is 0 Å². The number of pyridine rings is 1. The van der Waals surface area contributed by atoms with E-state index in [1.807, 2.05) is 12.1 Å². The van der Waals surface area contributed by atoms with Gasteiger partial charge in [0.25, 0.3) is 0 Å². The highest BCUT2D eigenvalue weighted by Crippen LogP contribution is 2.31. The molecule has 0 unspecified atom stereocenters. The number of carbonyl (C=O) groups is 1. The van der Waals surface area contributed by atoms with Gasteiger partial charge in [-0.3, -0.25) is 14.7 Å². The van der Waals surface area contributed by atoms with Crippen LogP contribution in [0.2, 0.25) is 0 Å². The lowest BCUT2D eigenvalue weighted by Gasteiger charge is -2.38. The number of hydrogen-bond acceptors (Lipinski definition) is 4. The van der Waals surface area contributed by atoms with E-state index in [9.17, 15) is 4.79 Å². The molecular weight excluding hydrogens is 384 g/mol. The van der Waals surface area contributed by atoms with E-state index in [2.05, 4.69) is 38.3 Å². The zero-order chi connectivity index (χ0) is 21.3. The van der Waals surface area contributed by atoms with Gasteiger partial charge in [0.1, 0.15) is 0 Å². The van der Waals surface area contributed by atoms with Crippen LogP contribution >= 0.6 is 0 Å². The highest BCUT2D eigenvalue weighted by atomic mass is 16.1. The van der Waals surface area contributed by atoms with Gasteiger partial charge in [0.2, 0.25) is 5.91 Å². The van der Waals surface area contributed by atoms with Crippen LogP contribution < -0.4 is 10.2 Å². The standard InChI is InChI=1S/C26H34N4O/c31-26(13-12-22-7-6-14-27-21-22)28-15-3-4-16-29-17-19-30(20-18-29)25-11-5-9-23-8-1-2-10-24(23)25/h5-7,9,11-14,21H,1-4,8,10,15-20H2,(H,28,31)/b13-12+. The van der Waals surface area contributed by atoms with Gasteiger partial charge < -0.3 is 10.2 Å². The van der Waals surface area contributed by atoms with Crippen molar-refractivity contribution in [1.82, 2.24) is 15.2 Å². The molecule has 1 aromatic carbocycles. The maximum Gasteiger partial charge on any atom is 0.243 e. The maximum absolute atomic E-state index is 11.9. The Kier molecular flexibility index (Phi) is 7.72. The molecule has 0 bridgehead atoms. The third kappa shape index (κ3) is 6.17. The number of aromatic nitrogens is 1. The molecule has 164 valence electrons. The number of carbonyl (C=O) groups excluding carboxylic acids is 1. The lowest BCUT2D eigenvalue weighted by atomic mass is 9.90. The van der Waals surface area contributed by atoms with Crippen LogP contribution in [0.25, 0.3) is 6.08 Å². The summed E-state index contributed by atoms with van der Waals surface area (Å²) in [6, 6.07) is 10.7. The van der Waals surface area contributed by atoms with E-state index in [-0.39, 0.29) is 5.91 Å². The zero-order valence-electron chi connectivity index (χ0n) is 18.4. The largest absolute Gasteiger partial charge is 0.369 e. The van der Waals surface area contributed by atoms with Crippen molar-refractivity contribution in [1.29, 1.82) is 0 Å². The summed E-state index contributed by atoms with van der Waals surface area (Å²) < 4.78 is 0. The van der Waals surface area contributed by atoms with Crippen LogP contribution in [0.5, 0.6) is 0 Å². The molecule has 1 fully saturated rings. The molecule has 0 atom stereocenters. The summed E-state index contributed by atoms with van der Waals surface area (Å²) in [6.07, 6.45) is 14.2. The molecule has 0 spiro atoms. The third-order valence-electron chi connectivity index (χ3n) is 6.40. The van der Waals surface area contributed by atoms with Crippen molar-refractivity contribution in [3.8, 4) is 0 Å². The van der Waals surface area contributed by atoms with Gasteiger partial charge in [0.05, 0.1) is 0 Å². The molecule has 1 aromatic heterocycles. The van der Waals surface area contributed by atoms with Crippen molar-refractivity contribution >= 4 is 17.7 Å². The van der Waals surface area contributed by atoms with Crippen molar-refractivity contribution < 1.29 is 4.79 Å². The first-order chi connectivity index (χ1) is 15.3. The van der Waals surface area contributed by atoms with E-state index < -0.39 is 0 Å². The molecular formula is C26H34N4O. The predicted octanol–water partition coefficient (Wildman–Crippen LogP) is 3.69. The van der Waals surface area contributed by atoms with Gasteiger partial charge in [-0.05, 0) is 80.0 Å². The number of aryl methyl sites for hydroxylation is 1. The number of nitrogens with zero attached hydrogens (tertiary/aromatic N) is 3. The molecule has 2 aromatic rings. The summed E-state index contributed by atoms with van der Waals surface area (Å²) in [5, 5.41) is 2.98. The Morgan fingerprint density at radius 3 is 2.74 bits per heavy atom. The number of anilines is 1. The quantitative estimate of drug-likeness (QED) is 0.525. The molecule has 1 N–H and O–H groups in total. The maximum atomic E-state index is 11.9. The van der Waals surface area contributed by atoms with Crippen LogP contribution in [0.3, 0.4) is 0 Å². The van der Waals surface area contributed by atoms with Gasteiger partial charge in [0.15, 0.2) is 0 Å². The highest BCUT2D eigenvalue weighted by Gasteiger charge is 2.21. The molecule has 0 radical (unpaired) electrons. The minimum absolute atomic E-state index is 0.0383. The van der Waals surface area contributed by atoms with E-state index >= 15 is 0 Å². The van der Waals surface area contributed by atoms with E-state index in [4.69, 9.17) is 0 Å². The van der Waals surface area contributed by atoms with Crippen molar-refractivity contribution in [3.05, 3.63) is 65.5 Å². The molecule has 1 aliphatic heterocycles. The fraction of sp³-hybridized carbons (Fsp3) is 0.462. The average Bonchev–Trinajstić information content (AvgIpc) is 2.83. The molecule has 1 saturated heterocycles. The van der Waals surface area contributed by atoms with E-state index in [1.165, 1.54) is 31.4 Å². The number of rotatable bonds is 8. The summed E-state index contributed by atoms with van der Waals surface area (Å²) in [5.74, 6) is -0.0383. The normalized spacial score (nSPS) is 17.0. The topological polar surface area (TPSA) is 48.5 Å². The van der Waals surface area contributed by atoms with Crippen molar-refractivity contribution in [2.75, 3.05) is 44.2 Å². The number of unbranched alkanes of at least 4 members (excludes halogenated alkanes) is 1. The third-order valence-corrected chi connectivity index (χ3v) is 6.40. The van der Waals surface area contributed by atoms with Gasteiger partial charge >= 0.3 is 0 Å². The summed E-state index contributed by atoms with van der Waals surface area (Å²) in [4.78, 5) is 21.1. The van der Waals surface area contributed by atoms with Gasteiger partial charge in [0, 0.05) is 56.9 Å². The molecule has 1 aliphatic carbocycles. The molecule has 4 rings (SSSR count). The summed E-state index contributed by atoms with van der Waals surface area (Å²) >= 11 is 0. The molecule has 5 heteroatoms. The van der Waals surface area contributed by atoms with E-state index in [0.717, 1.165) is 57.7 Å². The van der Waals surface area contributed by atoms with Crippen LogP contribution in [-0.4, -0.2) is 55.1 Å². The molecule has 2 heterocycles. The van der Waals surface area contributed by atoms with E-state index in [0.29, 0.717) is 0 Å². The number of benzene rings is 1. The van der Waals surface area contributed by atoms with Crippen LogP contribution in [0.1, 0.15) is 42.4 Å². The molecule has 0 saturated carbocycles. The number of hydrogen-bond donors (Lipinski definition) is 1. The average molecular weight is 419 g/mol. The fourth-order valence-electron chi connectivity index (χ4n) is 4.65. The van der Waals surface area contributed by atoms with Crippen LogP contribution in [0, 0.1) is 0 Å². The Bertz CT molecular complexity index is 872. The summed E-state index contributed by atoms with van der Waals surface area (Å²) in [6.45, 7) is 6.33. The summed E-state index contributed by atoms with van der Waals surface area (Å²) in [5.41, 5.74) is 5.60. The van der Waals surface area contributed by atoms with Crippen LogP contribution in [0.15, 0.2) is 48.8 Å². The van der Waals surface area contributed by atoms with Crippen LogP contribution in [-0.2, 0) is 17.6 Å². The minimum Gasteiger partial charge on any atom is -0.369 e. The van der Waals surface area contributed by atoms with Gasteiger partial charge in [-0.1, -0.05) is 18.2 Å². The Hall–Kier alpha value is -2.66. The second kappa shape index (κ2) is 11.1. The van der Waals surface area contributed by atoms with Crippen molar-refractivity contribution in [2.45, 2.75) is 38.5 Å². The van der Waals surface area contributed by atoms with Gasteiger partial charge in [-0.15, -0.1) is 0 Å². The number of nitrogens with one attached hydrogen (secondary N) is 1. The Labute approximate surface area is 186 Å². The SMILES string of the molecule is O=C(/C=C/c1cccnc1)NCCCCN1CCN(c2cccc3c2CCCC3)CC1. The number of piperazine rings is 1. The molecule has 31 heavy (non-hydrogen) atoms. The second-order valence-corrected chi connectivity index (χ2v) is 8.57. The second-order valence-electron chi connectivity index (χ2n) is 8.57. The first-order valence-electron chi connectivity index (χ1n) is 11.7. The molecule has 2 aliphatic rings. The Balaban J connectivity index is 1.12. The van der Waals surface area contributed by atoms with Gasteiger partial charge in [-0.2, -0.15) is 0 Å². The number of amides is 1. The molecule has 1 amide bonds. The highest BCUT2D eigenvalue weighted by molar-refractivity contribution is 5.91. The van der Waals surface area contributed by atoms with Crippen molar-refractivity contribution in [2.24, 2.45) is 0 Å². The first-order valence-corrected chi connectivity index (χ1v) is 11.7. The predicted molar refractivity (Wildman–Crippen MR) is 127 cm³/mol. The smallest absolute Gasteiger partial charge is 0.243 e. The Morgan fingerprint density at radius 1 is 1.03 bits per heavy atom. The zero-order valence-corrected chi connectivity index (χ0v) is 18.4. The molecule has 5 nitrogen and oxygen atoms in total. The van der Waals surface area contributed by atoms with Crippen molar-refractivity contribution in [3.63, 3.8) is 0 Å². The van der Waals surface area contributed by atoms with Crippen LogP contribution in [0.4, 0.5) is 5.69 Å². The lowest BCUT2D eigenvalue weighted by molar-refractivity contribution is -0.116. The summed E-state index contributed by atoms with van der Waals surface area (Å²) in [7, 11) is 0. The fourth-order valence-corrected chi connectivity index (χ4v) is 4.65. The minimum atomic E-state index is -0.0383. The first kappa shape index (κ1) is 21.6. The Morgan fingerprint density at radius 2 is 1.90 bits per heavy atom. The number of fused-ring (bicyclic) bond motifs is 1. The van der Waals surface area contributed by atoms with E-state index in [1.54, 1.807) is 35.7 Å². The monoisotopic (exact) mass is 418 g/mol.